The third-order valence-corrected chi connectivity index (χ3v) is 3.44. The minimum Gasteiger partial charge on any atom is -0.337 e. The minimum atomic E-state index is 0.398. The highest BCUT2D eigenvalue weighted by atomic mass is 32.1. The quantitative estimate of drug-likeness (QED) is 0.781. The second kappa shape index (κ2) is 5.77. The van der Waals surface area contributed by atoms with E-state index in [2.05, 4.69) is 26.8 Å². The van der Waals surface area contributed by atoms with Crippen molar-refractivity contribution in [3.63, 3.8) is 0 Å². The molecule has 1 unspecified atom stereocenters. The molecular weight excluding hydrogens is 220 g/mol. The molecule has 0 saturated carbocycles. The van der Waals surface area contributed by atoms with Gasteiger partial charge >= 0.3 is 0 Å². The minimum absolute atomic E-state index is 0.398. The van der Waals surface area contributed by atoms with Crippen LogP contribution in [0.3, 0.4) is 0 Å². The van der Waals surface area contributed by atoms with Gasteiger partial charge in [-0.05, 0) is 19.9 Å². The van der Waals surface area contributed by atoms with E-state index in [4.69, 9.17) is 0 Å². The van der Waals surface area contributed by atoms with E-state index in [1.165, 1.54) is 4.88 Å². The average Bonchev–Trinajstić information content (AvgIpc) is 2.96. The smallest absolute Gasteiger partial charge is 0.0945 e. The topological polar surface area (TPSA) is 42.7 Å². The summed E-state index contributed by atoms with van der Waals surface area (Å²) in [5, 5.41) is 3.48. The van der Waals surface area contributed by atoms with E-state index < -0.39 is 0 Å². The Bertz CT molecular complexity index is 382. The highest BCUT2D eigenvalue weighted by molar-refractivity contribution is 7.09. The zero-order chi connectivity index (χ0) is 11.2. The Labute approximate surface area is 99.4 Å². The zero-order valence-electron chi connectivity index (χ0n) is 9.34. The van der Waals surface area contributed by atoms with Crippen molar-refractivity contribution in [1.82, 2.24) is 19.9 Å². The van der Waals surface area contributed by atoms with Gasteiger partial charge in [0.15, 0.2) is 0 Å². The second-order valence-corrected chi connectivity index (χ2v) is 4.65. The van der Waals surface area contributed by atoms with Crippen LogP contribution < -0.4 is 5.32 Å². The SMILES string of the molecule is CC(NCCCn1ccnc1)c1cncs1. The highest BCUT2D eigenvalue weighted by Crippen LogP contribution is 2.15. The van der Waals surface area contributed by atoms with Crippen LogP contribution in [0.4, 0.5) is 0 Å². The van der Waals surface area contributed by atoms with Gasteiger partial charge in [-0.25, -0.2) is 4.98 Å². The standard InChI is InChI=1S/C11H16N4S/c1-10(11-7-13-9-16-11)14-3-2-5-15-6-4-12-8-15/h4,6-10,14H,2-3,5H2,1H3. The molecule has 0 fully saturated rings. The number of imidazole rings is 1. The van der Waals surface area contributed by atoms with Crippen LogP contribution in [0.1, 0.15) is 24.3 Å². The van der Waals surface area contributed by atoms with Gasteiger partial charge in [0.1, 0.15) is 0 Å². The summed E-state index contributed by atoms with van der Waals surface area (Å²) in [6.45, 7) is 4.20. The van der Waals surface area contributed by atoms with Gasteiger partial charge in [-0.3, -0.25) is 4.98 Å². The first kappa shape index (κ1) is 11.3. The molecule has 2 heterocycles. The van der Waals surface area contributed by atoms with Crippen LogP contribution in [0.5, 0.6) is 0 Å². The number of aromatic nitrogens is 3. The lowest BCUT2D eigenvalue weighted by Gasteiger charge is -2.11. The monoisotopic (exact) mass is 236 g/mol. The molecule has 0 aliphatic heterocycles. The van der Waals surface area contributed by atoms with Crippen LogP contribution in [0.2, 0.25) is 0 Å². The molecule has 0 radical (unpaired) electrons. The highest BCUT2D eigenvalue weighted by Gasteiger charge is 2.04. The fourth-order valence-electron chi connectivity index (χ4n) is 1.54. The van der Waals surface area contributed by atoms with Crippen molar-refractivity contribution in [2.45, 2.75) is 25.9 Å². The molecule has 16 heavy (non-hydrogen) atoms. The molecule has 5 heteroatoms. The lowest BCUT2D eigenvalue weighted by molar-refractivity contribution is 0.531. The van der Waals surface area contributed by atoms with E-state index in [9.17, 15) is 0 Å². The van der Waals surface area contributed by atoms with Gasteiger partial charge in [0.2, 0.25) is 0 Å². The summed E-state index contributed by atoms with van der Waals surface area (Å²) in [5.41, 5.74) is 1.87. The molecule has 0 spiro atoms. The molecule has 0 amide bonds. The van der Waals surface area contributed by atoms with E-state index in [0.717, 1.165) is 19.5 Å². The zero-order valence-corrected chi connectivity index (χ0v) is 10.2. The fraction of sp³-hybridized carbons (Fsp3) is 0.455. The molecule has 2 aromatic heterocycles. The van der Waals surface area contributed by atoms with Gasteiger partial charge in [-0.15, -0.1) is 11.3 Å². The van der Waals surface area contributed by atoms with E-state index >= 15 is 0 Å². The fourth-order valence-corrected chi connectivity index (χ4v) is 2.19. The Morgan fingerprint density at radius 1 is 1.50 bits per heavy atom. The van der Waals surface area contributed by atoms with Crippen LogP contribution in [0.25, 0.3) is 0 Å². The maximum absolute atomic E-state index is 4.08. The number of nitrogens with zero attached hydrogens (tertiary/aromatic N) is 3. The molecule has 1 atom stereocenters. The van der Waals surface area contributed by atoms with Crippen LogP contribution in [-0.4, -0.2) is 21.1 Å². The Balaban J connectivity index is 1.65. The van der Waals surface area contributed by atoms with Crippen LogP contribution in [-0.2, 0) is 6.54 Å². The van der Waals surface area contributed by atoms with Gasteiger partial charge in [-0.1, -0.05) is 0 Å². The molecule has 0 bridgehead atoms. The largest absolute Gasteiger partial charge is 0.337 e. The normalized spacial score (nSPS) is 12.8. The number of nitrogens with one attached hydrogen (secondary N) is 1. The van der Waals surface area contributed by atoms with Gasteiger partial charge in [0.05, 0.1) is 11.8 Å². The predicted molar refractivity (Wildman–Crippen MR) is 65.4 cm³/mol. The van der Waals surface area contributed by atoms with E-state index in [-0.39, 0.29) is 0 Å². The first-order valence-corrected chi connectivity index (χ1v) is 6.32. The Morgan fingerprint density at radius 2 is 2.44 bits per heavy atom. The second-order valence-electron chi connectivity index (χ2n) is 3.73. The number of rotatable bonds is 6. The number of aryl methyl sites for hydroxylation is 1. The van der Waals surface area contributed by atoms with Crippen molar-refractivity contribution >= 4 is 11.3 Å². The van der Waals surface area contributed by atoms with Crippen molar-refractivity contribution in [1.29, 1.82) is 0 Å². The van der Waals surface area contributed by atoms with Crippen molar-refractivity contribution in [3.8, 4) is 0 Å². The van der Waals surface area contributed by atoms with Gasteiger partial charge < -0.3 is 9.88 Å². The molecular formula is C11H16N4S. The summed E-state index contributed by atoms with van der Waals surface area (Å²) in [4.78, 5) is 9.38. The Kier molecular flexibility index (Phi) is 4.07. The van der Waals surface area contributed by atoms with Crippen molar-refractivity contribution < 1.29 is 0 Å². The van der Waals surface area contributed by atoms with Gasteiger partial charge in [-0.2, -0.15) is 0 Å². The molecule has 1 N–H and O–H groups in total. The lowest BCUT2D eigenvalue weighted by Crippen LogP contribution is -2.20. The number of hydrogen-bond acceptors (Lipinski definition) is 4. The first-order valence-electron chi connectivity index (χ1n) is 5.44. The van der Waals surface area contributed by atoms with E-state index in [1.807, 2.05) is 30.4 Å². The van der Waals surface area contributed by atoms with E-state index in [1.54, 1.807) is 11.3 Å². The van der Waals surface area contributed by atoms with Gasteiger partial charge in [0, 0.05) is 36.1 Å². The van der Waals surface area contributed by atoms with Gasteiger partial charge in [0.25, 0.3) is 0 Å². The van der Waals surface area contributed by atoms with Crippen LogP contribution >= 0.6 is 11.3 Å². The molecule has 0 saturated heterocycles. The third-order valence-electron chi connectivity index (χ3n) is 2.48. The Hall–Kier alpha value is -1.20. The van der Waals surface area contributed by atoms with E-state index in [0.29, 0.717) is 6.04 Å². The maximum Gasteiger partial charge on any atom is 0.0945 e. The number of thiazole rings is 1. The van der Waals surface area contributed by atoms with Crippen LogP contribution in [0, 0.1) is 0 Å². The Morgan fingerprint density at radius 3 is 3.12 bits per heavy atom. The summed E-state index contributed by atoms with van der Waals surface area (Å²) in [6.07, 6.45) is 8.70. The molecule has 2 aromatic rings. The maximum atomic E-state index is 4.08. The summed E-state index contributed by atoms with van der Waals surface area (Å²) in [7, 11) is 0. The first-order chi connectivity index (χ1) is 7.86. The van der Waals surface area contributed by atoms with Crippen molar-refractivity contribution in [3.05, 3.63) is 35.3 Å². The van der Waals surface area contributed by atoms with Crippen molar-refractivity contribution in [2.75, 3.05) is 6.54 Å². The molecule has 86 valence electrons. The lowest BCUT2D eigenvalue weighted by atomic mass is 10.3. The predicted octanol–water partition coefficient (Wildman–Crippen LogP) is 2.08. The average molecular weight is 236 g/mol. The molecule has 2 rings (SSSR count). The molecule has 0 aliphatic rings. The molecule has 0 aliphatic carbocycles. The third kappa shape index (κ3) is 3.15. The summed E-state index contributed by atoms with van der Waals surface area (Å²) in [6, 6.07) is 0.398. The molecule has 0 aromatic carbocycles. The molecule has 4 nitrogen and oxygen atoms in total. The summed E-state index contributed by atoms with van der Waals surface area (Å²) < 4.78 is 2.10. The summed E-state index contributed by atoms with van der Waals surface area (Å²) in [5.74, 6) is 0. The summed E-state index contributed by atoms with van der Waals surface area (Å²) >= 11 is 1.70. The van der Waals surface area contributed by atoms with Crippen molar-refractivity contribution in [2.24, 2.45) is 0 Å². The number of hydrogen-bond donors (Lipinski definition) is 1. The van der Waals surface area contributed by atoms with Crippen LogP contribution in [0.15, 0.2) is 30.4 Å².